The number of carbonyl (C=O) groups excluding carboxylic acids is 2. The zero-order valence-electron chi connectivity index (χ0n) is 12.9. The molecule has 1 heterocycles. The van der Waals surface area contributed by atoms with Crippen LogP contribution in [0.1, 0.15) is 20.8 Å². The molecule has 8 heteroatoms. The fourth-order valence-electron chi connectivity index (χ4n) is 2.03. The van der Waals surface area contributed by atoms with E-state index in [9.17, 15) is 19.8 Å². The van der Waals surface area contributed by atoms with E-state index in [1.165, 1.54) is 0 Å². The molecule has 0 aliphatic carbocycles. The van der Waals surface area contributed by atoms with E-state index in [0.717, 1.165) is 4.57 Å². The van der Waals surface area contributed by atoms with Crippen LogP contribution in [-0.4, -0.2) is 27.3 Å². The fraction of sp³-hybridized carbons (Fsp3) is 0.333. The molecule has 122 valence electrons. The Morgan fingerprint density at radius 3 is 2.57 bits per heavy atom. The van der Waals surface area contributed by atoms with Crippen LogP contribution in [0.15, 0.2) is 34.5 Å². The third kappa shape index (κ3) is 3.85. The first-order valence-electron chi connectivity index (χ1n) is 6.84. The molecule has 0 saturated heterocycles. The van der Waals surface area contributed by atoms with E-state index >= 15 is 0 Å². The number of fused-ring (bicyclic) bond motifs is 1. The number of carbonyl (C=O) groups is 2. The minimum atomic E-state index is -1.36. The topological polar surface area (TPSA) is 116 Å². The average molecular weight is 318 g/mol. The van der Waals surface area contributed by atoms with Gasteiger partial charge in [0.1, 0.15) is 5.60 Å². The molecule has 0 atom stereocenters. The summed E-state index contributed by atoms with van der Waals surface area (Å²) in [6, 6.07) is 6.62. The molecule has 1 N–H and O–H groups in total. The Balaban J connectivity index is 2.43. The molecule has 0 radical (unpaired) electrons. The second-order valence-electron chi connectivity index (χ2n) is 5.83. The highest BCUT2D eigenvalue weighted by Crippen LogP contribution is 2.38. The van der Waals surface area contributed by atoms with Crippen molar-refractivity contribution in [2.45, 2.75) is 32.9 Å². The highest BCUT2D eigenvalue weighted by atomic mass is 16.6. The van der Waals surface area contributed by atoms with Gasteiger partial charge in [-0.15, -0.1) is 5.11 Å². The van der Waals surface area contributed by atoms with Gasteiger partial charge in [-0.05, 0) is 26.8 Å². The number of benzene rings is 1. The highest BCUT2D eigenvalue weighted by Gasteiger charge is 2.18. The Labute approximate surface area is 132 Å². The first kappa shape index (κ1) is 16.5. The van der Waals surface area contributed by atoms with Crippen molar-refractivity contribution < 1.29 is 24.5 Å². The molecule has 0 saturated carbocycles. The molecular formula is C15H16N3O5-. The molecule has 0 bridgehead atoms. The van der Waals surface area contributed by atoms with Crippen molar-refractivity contribution in [2.75, 3.05) is 0 Å². The van der Waals surface area contributed by atoms with Gasteiger partial charge in [-0.3, -0.25) is 0 Å². The number of azo groups is 1. The summed E-state index contributed by atoms with van der Waals surface area (Å²) in [4.78, 5) is 22.4. The smallest absolute Gasteiger partial charge is 0.452 e. The molecule has 0 aliphatic rings. The van der Waals surface area contributed by atoms with E-state index < -0.39 is 30.1 Å². The van der Waals surface area contributed by atoms with Crippen molar-refractivity contribution in [2.24, 2.45) is 10.2 Å². The molecule has 0 aliphatic heterocycles. The van der Waals surface area contributed by atoms with Crippen LogP contribution in [-0.2, 0) is 16.1 Å². The summed E-state index contributed by atoms with van der Waals surface area (Å²) >= 11 is 0. The number of para-hydroxylation sites is 1. The summed E-state index contributed by atoms with van der Waals surface area (Å²) in [6.45, 7) is 4.51. The lowest BCUT2D eigenvalue weighted by molar-refractivity contribution is -0.306. The Hall–Kier alpha value is -2.90. The lowest BCUT2D eigenvalue weighted by atomic mass is 10.2. The molecule has 2 rings (SSSR count). The molecule has 23 heavy (non-hydrogen) atoms. The van der Waals surface area contributed by atoms with Gasteiger partial charge in [0.25, 0.3) is 0 Å². The van der Waals surface area contributed by atoms with Crippen LogP contribution in [0, 0.1) is 0 Å². The third-order valence-electron chi connectivity index (χ3n) is 2.83. The zero-order chi connectivity index (χ0) is 17.2. The van der Waals surface area contributed by atoms with Crippen molar-refractivity contribution in [3.05, 3.63) is 24.3 Å². The van der Waals surface area contributed by atoms with Crippen LogP contribution < -0.4 is 5.11 Å². The van der Waals surface area contributed by atoms with Gasteiger partial charge in [-0.1, -0.05) is 23.3 Å². The molecule has 0 unspecified atom stereocenters. The number of rotatable bonds is 3. The first-order valence-corrected chi connectivity index (χ1v) is 6.84. The number of amides is 1. The second-order valence-corrected chi connectivity index (χ2v) is 5.83. The van der Waals surface area contributed by atoms with Crippen LogP contribution in [0.5, 0.6) is 5.88 Å². The number of hydrogen-bond acceptors (Lipinski definition) is 6. The maximum absolute atomic E-state index is 11.6. The summed E-state index contributed by atoms with van der Waals surface area (Å²) in [5, 5.41) is 28.6. The molecule has 2 aromatic rings. The lowest BCUT2D eigenvalue weighted by Crippen LogP contribution is -2.27. The van der Waals surface area contributed by atoms with Gasteiger partial charge in [-0.2, -0.15) is 0 Å². The number of carboxylic acids is 1. The summed E-state index contributed by atoms with van der Waals surface area (Å²) in [6.07, 6.45) is -0.909. The molecule has 1 aromatic heterocycles. The molecule has 0 spiro atoms. The van der Waals surface area contributed by atoms with Crippen molar-refractivity contribution in [3.63, 3.8) is 0 Å². The molecule has 8 nitrogen and oxygen atoms in total. The maximum Gasteiger partial charge on any atom is 0.452 e. The van der Waals surface area contributed by atoms with Crippen LogP contribution in [0.2, 0.25) is 0 Å². The Morgan fingerprint density at radius 2 is 1.96 bits per heavy atom. The zero-order valence-corrected chi connectivity index (χ0v) is 12.9. The minimum Gasteiger partial charge on any atom is -0.548 e. The largest absolute Gasteiger partial charge is 0.548 e. The standard InChI is InChI=1S/C15H17N3O5/c1-15(2,3)23-14(22)17-16-12-9-6-4-5-7-10(9)18(13(12)21)8-11(19)20/h4-7,21H,8H2,1-3H3,(H,19,20)/p-1. The normalized spacial score (nSPS) is 12.0. The van der Waals surface area contributed by atoms with Gasteiger partial charge < -0.3 is 24.3 Å². The monoisotopic (exact) mass is 318 g/mol. The highest BCUT2D eigenvalue weighted by molar-refractivity contribution is 5.95. The van der Waals surface area contributed by atoms with Gasteiger partial charge in [0, 0.05) is 5.39 Å². The molecular weight excluding hydrogens is 302 g/mol. The predicted molar refractivity (Wildman–Crippen MR) is 79.4 cm³/mol. The number of aromatic nitrogens is 1. The van der Waals surface area contributed by atoms with Crippen molar-refractivity contribution in [1.82, 2.24) is 4.57 Å². The Morgan fingerprint density at radius 1 is 1.30 bits per heavy atom. The van der Waals surface area contributed by atoms with Gasteiger partial charge in [0.2, 0.25) is 5.88 Å². The Bertz CT molecular complexity index is 786. The first-order chi connectivity index (χ1) is 10.7. The summed E-state index contributed by atoms with van der Waals surface area (Å²) in [7, 11) is 0. The fourth-order valence-corrected chi connectivity index (χ4v) is 2.03. The van der Waals surface area contributed by atoms with E-state index in [-0.39, 0.29) is 5.69 Å². The number of carboxylic acid groups (broad SMARTS) is 1. The average Bonchev–Trinajstić information content (AvgIpc) is 2.67. The van der Waals surface area contributed by atoms with Gasteiger partial charge in [-0.25, -0.2) is 4.79 Å². The van der Waals surface area contributed by atoms with E-state index in [4.69, 9.17) is 4.74 Å². The van der Waals surface area contributed by atoms with E-state index in [0.29, 0.717) is 10.9 Å². The lowest BCUT2D eigenvalue weighted by Gasteiger charge is -2.16. The molecule has 1 amide bonds. The quantitative estimate of drug-likeness (QED) is 0.870. The van der Waals surface area contributed by atoms with Crippen LogP contribution >= 0.6 is 0 Å². The number of aromatic hydroxyl groups is 1. The van der Waals surface area contributed by atoms with Gasteiger partial charge in [0.15, 0.2) is 5.69 Å². The predicted octanol–water partition coefficient (Wildman–Crippen LogP) is 2.12. The molecule has 0 fully saturated rings. The van der Waals surface area contributed by atoms with Crippen molar-refractivity contribution >= 4 is 28.7 Å². The van der Waals surface area contributed by atoms with Gasteiger partial charge in [0.05, 0.1) is 18.0 Å². The minimum absolute atomic E-state index is 0.00675. The van der Waals surface area contributed by atoms with Crippen molar-refractivity contribution in [3.8, 4) is 5.88 Å². The third-order valence-corrected chi connectivity index (χ3v) is 2.83. The van der Waals surface area contributed by atoms with E-state index in [1.54, 1.807) is 45.0 Å². The summed E-state index contributed by atoms with van der Waals surface area (Å²) < 4.78 is 6.11. The van der Waals surface area contributed by atoms with E-state index in [1.807, 2.05) is 0 Å². The maximum atomic E-state index is 11.6. The summed E-state index contributed by atoms with van der Waals surface area (Å²) in [5.41, 5.74) is -0.291. The Kier molecular flexibility index (Phi) is 4.35. The van der Waals surface area contributed by atoms with Crippen LogP contribution in [0.4, 0.5) is 10.5 Å². The van der Waals surface area contributed by atoms with Crippen molar-refractivity contribution in [1.29, 1.82) is 0 Å². The molecule has 1 aromatic carbocycles. The van der Waals surface area contributed by atoms with Gasteiger partial charge >= 0.3 is 6.09 Å². The van der Waals surface area contributed by atoms with Crippen LogP contribution in [0.3, 0.4) is 0 Å². The number of nitrogens with zero attached hydrogens (tertiary/aromatic N) is 3. The number of aliphatic carboxylic acids is 1. The number of ether oxygens (including phenoxy) is 1. The van der Waals surface area contributed by atoms with Crippen LogP contribution in [0.25, 0.3) is 10.9 Å². The number of hydrogen-bond donors (Lipinski definition) is 1. The second kappa shape index (κ2) is 6.07. The SMILES string of the molecule is CC(C)(C)OC(=O)N=Nc1c(O)n(CC(=O)[O-])c2ccccc12. The summed E-state index contributed by atoms with van der Waals surface area (Å²) in [5.74, 6) is -1.78. The van der Waals surface area contributed by atoms with E-state index in [2.05, 4.69) is 10.2 Å².